The molecule has 1 N–H and O–H groups in total. The molecule has 3 heterocycles. The van der Waals surface area contributed by atoms with Gasteiger partial charge in [0.15, 0.2) is 0 Å². The van der Waals surface area contributed by atoms with E-state index in [-0.39, 0.29) is 18.0 Å². The molecule has 0 aliphatic carbocycles. The predicted octanol–water partition coefficient (Wildman–Crippen LogP) is 3.62. The minimum Gasteiger partial charge on any atom is -0.369 e. The molecule has 2 aromatic carbocycles. The van der Waals surface area contributed by atoms with Crippen LogP contribution in [0.2, 0.25) is 0 Å². The first kappa shape index (κ1) is 18.6. The van der Waals surface area contributed by atoms with Crippen LogP contribution in [0.5, 0.6) is 0 Å². The monoisotopic (exact) mass is 394 g/mol. The van der Waals surface area contributed by atoms with Crippen molar-refractivity contribution in [3.63, 3.8) is 0 Å². The van der Waals surface area contributed by atoms with E-state index >= 15 is 0 Å². The summed E-state index contributed by atoms with van der Waals surface area (Å²) in [4.78, 5) is 20.4. The molecule has 0 atom stereocenters. The molecule has 6 heteroatoms. The van der Waals surface area contributed by atoms with Crippen molar-refractivity contribution < 1.29 is 0 Å². The summed E-state index contributed by atoms with van der Waals surface area (Å²) in [5.74, 6) is 0. The van der Waals surface area contributed by atoms with Crippen molar-refractivity contribution in [2.45, 2.75) is 0 Å². The number of likely N-dealkylation sites (N-methyl/N-ethyl adjacent to an activating group) is 1. The second-order valence-electron chi connectivity index (χ2n) is 7.30. The van der Waals surface area contributed by atoms with Crippen LogP contribution in [0, 0.1) is 0 Å². The van der Waals surface area contributed by atoms with Gasteiger partial charge in [-0.2, -0.15) is 0 Å². The fourth-order valence-corrected chi connectivity index (χ4v) is 3.90. The van der Waals surface area contributed by atoms with Gasteiger partial charge in [0.25, 0.3) is 5.56 Å². The number of H-pyrrole nitrogens is 1. The van der Waals surface area contributed by atoms with Crippen molar-refractivity contribution in [2.24, 2.45) is 0 Å². The summed E-state index contributed by atoms with van der Waals surface area (Å²) < 4.78 is 2.02. The first-order chi connectivity index (χ1) is 13.2. The molecule has 1 aliphatic heterocycles. The molecule has 2 aromatic heterocycles. The van der Waals surface area contributed by atoms with E-state index in [0.29, 0.717) is 5.52 Å². The standard InChI is InChI=1S/C22H22N4O.ClH/c1-24-9-11-25(12-10-24)18-7-8-19-20(14-18)26-15-17(13-21(26)22(27)23-19)16-5-3-2-4-6-16;/h2-8,13-15H,9-12H2,1H3,(H,23,27);1H. The van der Waals surface area contributed by atoms with E-state index in [9.17, 15) is 4.79 Å². The van der Waals surface area contributed by atoms with Gasteiger partial charge in [-0.25, -0.2) is 0 Å². The summed E-state index contributed by atoms with van der Waals surface area (Å²) >= 11 is 0. The van der Waals surface area contributed by atoms with Gasteiger partial charge in [0.1, 0.15) is 5.52 Å². The Hall–Kier alpha value is -2.76. The molecule has 4 aromatic rings. The molecule has 5 nitrogen and oxygen atoms in total. The lowest BCUT2D eigenvalue weighted by atomic mass is 10.1. The van der Waals surface area contributed by atoms with Gasteiger partial charge in [-0.3, -0.25) is 4.79 Å². The van der Waals surface area contributed by atoms with Crippen molar-refractivity contribution in [1.82, 2.24) is 14.3 Å². The van der Waals surface area contributed by atoms with Gasteiger partial charge in [0.05, 0.1) is 11.0 Å². The van der Waals surface area contributed by atoms with Crippen LogP contribution in [0.1, 0.15) is 0 Å². The number of halogens is 1. The summed E-state index contributed by atoms with van der Waals surface area (Å²) in [5.41, 5.74) is 5.89. The zero-order valence-electron chi connectivity index (χ0n) is 15.8. The van der Waals surface area contributed by atoms with E-state index in [1.807, 2.05) is 34.7 Å². The number of hydrogen-bond acceptors (Lipinski definition) is 3. The van der Waals surface area contributed by atoms with Gasteiger partial charge in [-0.1, -0.05) is 30.3 Å². The Morgan fingerprint density at radius 3 is 2.36 bits per heavy atom. The van der Waals surface area contributed by atoms with Gasteiger partial charge < -0.3 is 19.2 Å². The van der Waals surface area contributed by atoms with Gasteiger partial charge >= 0.3 is 0 Å². The van der Waals surface area contributed by atoms with E-state index in [1.54, 1.807) is 0 Å². The third-order valence-corrected chi connectivity index (χ3v) is 5.52. The predicted molar refractivity (Wildman–Crippen MR) is 118 cm³/mol. The van der Waals surface area contributed by atoms with Crippen LogP contribution in [-0.4, -0.2) is 47.5 Å². The Bertz CT molecular complexity index is 1170. The largest absolute Gasteiger partial charge is 0.369 e. The second-order valence-corrected chi connectivity index (χ2v) is 7.30. The summed E-state index contributed by atoms with van der Waals surface area (Å²) in [6, 6.07) is 18.5. The number of piperazine rings is 1. The Kier molecular flexibility index (Phi) is 4.87. The average Bonchev–Trinajstić information content (AvgIpc) is 3.16. The molecule has 0 bridgehead atoms. The van der Waals surface area contributed by atoms with E-state index < -0.39 is 0 Å². The lowest BCUT2D eigenvalue weighted by Crippen LogP contribution is -2.44. The topological polar surface area (TPSA) is 43.8 Å². The van der Waals surface area contributed by atoms with Gasteiger partial charge in [-0.05, 0) is 36.9 Å². The number of rotatable bonds is 2. The van der Waals surface area contributed by atoms with E-state index in [1.165, 1.54) is 5.69 Å². The van der Waals surface area contributed by atoms with E-state index in [2.05, 4.69) is 52.3 Å². The van der Waals surface area contributed by atoms with Crippen LogP contribution < -0.4 is 10.5 Å². The van der Waals surface area contributed by atoms with Crippen LogP contribution in [0.4, 0.5) is 5.69 Å². The second kappa shape index (κ2) is 7.34. The van der Waals surface area contributed by atoms with Gasteiger partial charge in [0, 0.05) is 43.6 Å². The molecule has 0 saturated carbocycles. The fourth-order valence-electron chi connectivity index (χ4n) is 3.90. The highest BCUT2D eigenvalue weighted by Crippen LogP contribution is 2.26. The Labute approximate surface area is 169 Å². The van der Waals surface area contributed by atoms with Crippen molar-refractivity contribution in [2.75, 3.05) is 38.1 Å². The molecule has 1 saturated heterocycles. The van der Waals surface area contributed by atoms with E-state index in [4.69, 9.17) is 0 Å². The molecule has 0 unspecified atom stereocenters. The van der Waals surface area contributed by atoms with Crippen LogP contribution in [0.25, 0.3) is 27.7 Å². The smallest absolute Gasteiger partial charge is 0.272 e. The maximum atomic E-state index is 12.6. The number of aromatic amines is 1. The molecule has 5 rings (SSSR count). The number of benzene rings is 2. The third-order valence-electron chi connectivity index (χ3n) is 5.52. The molecule has 0 spiro atoms. The highest BCUT2D eigenvalue weighted by molar-refractivity contribution is 5.85. The summed E-state index contributed by atoms with van der Waals surface area (Å²) in [5, 5.41) is 0. The normalized spacial score (nSPS) is 15.1. The average molecular weight is 395 g/mol. The Morgan fingerprint density at radius 1 is 0.857 bits per heavy atom. The van der Waals surface area contributed by atoms with Crippen molar-refractivity contribution in [3.05, 3.63) is 71.1 Å². The number of fused-ring (bicyclic) bond motifs is 3. The zero-order valence-corrected chi connectivity index (χ0v) is 16.6. The number of anilines is 1. The maximum Gasteiger partial charge on any atom is 0.272 e. The molecule has 0 radical (unpaired) electrons. The fraction of sp³-hybridized carbons (Fsp3) is 0.227. The highest BCUT2D eigenvalue weighted by Gasteiger charge is 2.16. The molecular formula is C22H23ClN4O. The van der Waals surface area contributed by atoms with Gasteiger partial charge in [-0.15, -0.1) is 12.4 Å². The van der Waals surface area contributed by atoms with Crippen molar-refractivity contribution >= 4 is 34.6 Å². The Balaban J connectivity index is 0.00000192. The number of nitrogens with zero attached hydrogens (tertiary/aromatic N) is 3. The summed E-state index contributed by atoms with van der Waals surface area (Å²) in [6.45, 7) is 4.19. The van der Waals surface area contributed by atoms with E-state index in [0.717, 1.165) is 48.3 Å². The number of nitrogens with one attached hydrogen (secondary N) is 1. The number of aromatic nitrogens is 2. The molecule has 1 fully saturated rings. The Morgan fingerprint density at radius 2 is 1.61 bits per heavy atom. The number of hydrogen-bond donors (Lipinski definition) is 1. The molecule has 28 heavy (non-hydrogen) atoms. The lowest BCUT2D eigenvalue weighted by molar-refractivity contribution is 0.313. The molecular weight excluding hydrogens is 372 g/mol. The first-order valence-electron chi connectivity index (χ1n) is 9.36. The SMILES string of the molecule is CN1CCN(c2ccc3[nH]c(=O)c4cc(-c5ccccc5)cn4c3c2)CC1.Cl. The summed E-state index contributed by atoms with van der Waals surface area (Å²) in [6.07, 6.45) is 2.07. The maximum absolute atomic E-state index is 12.6. The first-order valence-corrected chi connectivity index (χ1v) is 9.36. The quantitative estimate of drug-likeness (QED) is 0.564. The van der Waals surface area contributed by atoms with Crippen molar-refractivity contribution in [1.29, 1.82) is 0 Å². The molecule has 1 aliphatic rings. The van der Waals surface area contributed by atoms with Gasteiger partial charge in [0.2, 0.25) is 0 Å². The van der Waals surface area contributed by atoms with Crippen LogP contribution in [0.3, 0.4) is 0 Å². The third kappa shape index (κ3) is 3.17. The summed E-state index contributed by atoms with van der Waals surface area (Å²) in [7, 11) is 2.16. The molecule has 0 amide bonds. The van der Waals surface area contributed by atoms with Crippen LogP contribution in [-0.2, 0) is 0 Å². The minimum atomic E-state index is -0.0583. The molecule has 144 valence electrons. The lowest BCUT2D eigenvalue weighted by Gasteiger charge is -2.34. The highest BCUT2D eigenvalue weighted by atomic mass is 35.5. The minimum absolute atomic E-state index is 0. The van der Waals surface area contributed by atoms with Crippen LogP contribution in [0.15, 0.2) is 65.6 Å². The van der Waals surface area contributed by atoms with Crippen LogP contribution >= 0.6 is 12.4 Å². The van der Waals surface area contributed by atoms with Crippen molar-refractivity contribution in [3.8, 4) is 11.1 Å². The zero-order chi connectivity index (χ0) is 18.4.